The molecule has 0 saturated carbocycles. The molecule has 2 rings (SSSR count). The molecular weight excluding hydrogens is 368 g/mol. The molecule has 8 nitrogen and oxygen atoms in total. The van der Waals surface area contributed by atoms with Gasteiger partial charge in [0.1, 0.15) is 29.2 Å². The molecule has 0 fully saturated rings. The molecule has 0 atom stereocenters. The number of hydrogen-bond donors (Lipinski definition) is 2. The molecule has 9 heteroatoms. The Hall–Kier alpha value is -3.69. The molecule has 0 heterocycles. The average Bonchev–Trinajstić information content (AvgIpc) is 2.68. The zero-order valence-electron chi connectivity index (χ0n) is 14.6. The first-order valence-corrected chi connectivity index (χ1v) is 9.03. The van der Waals surface area contributed by atoms with E-state index in [1.54, 1.807) is 24.3 Å². The highest BCUT2D eigenvalue weighted by molar-refractivity contribution is 7.92. The van der Waals surface area contributed by atoms with Crippen LogP contribution < -0.4 is 19.5 Å². The quantitative estimate of drug-likeness (QED) is 0.703. The van der Waals surface area contributed by atoms with E-state index in [0.29, 0.717) is 17.2 Å². The van der Waals surface area contributed by atoms with Crippen molar-refractivity contribution in [3.05, 3.63) is 54.2 Å². The Morgan fingerprint density at radius 1 is 1.04 bits per heavy atom. The van der Waals surface area contributed by atoms with Crippen molar-refractivity contribution in [1.29, 1.82) is 10.5 Å². The van der Waals surface area contributed by atoms with E-state index in [2.05, 4.69) is 10.0 Å². The van der Waals surface area contributed by atoms with Crippen molar-refractivity contribution >= 4 is 21.4 Å². The van der Waals surface area contributed by atoms with Gasteiger partial charge in [-0.15, -0.1) is 0 Å². The van der Waals surface area contributed by atoms with Gasteiger partial charge >= 0.3 is 0 Å². The number of rotatable bonds is 7. The van der Waals surface area contributed by atoms with Crippen LogP contribution in [0, 0.1) is 22.7 Å². The molecular formula is C18H16N4O4S. The second-order valence-electron chi connectivity index (χ2n) is 5.12. The number of hydrogen-bond acceptors (Lipinski definition) is 7. The summed E-state index contributed by atoms with van der Waals surface area (Å²) in [4.78, 5) is 0.0303. The lowest BCUT2D eigenvalue weighted by molar-refractivity contribution is 0.405. The molecule has 0 aliphatic rings. The van der Waals surface area contributed by atoms with Crippen LogP contribution in [-0.2, 0) is 10.0 Å². The number of nitriles is 2. The number of methoxy groups -OCH3 is 2. The number of allylic oxidation sites excluding steroid dienone is 1. The molecule has 2 N–H and O–H groups in total. The largest absolute Gasteiger partial charge is 0.497 e. The molecule has 0 amide bonds. The second kappa shape index (κ2) is 8.61. The zero-order chi connectivity index (χ0) is 19.9. The minimum absolute atomic E-state index is 0.0303. The normalized spacial score (nSPS) is 10.1. The lowest BCUT2D eigenvalue weighted by atomic mass is 10.3. The van der Waals surface area contributed by atoms with Gasteiger partial charge in [-0.25, -0.2) is 8.42 Å². The highest BCUT2D eigenvalue weighted by atomic mass is 32.2. The topological polar surface area (TPSA) is 124 Å². The SMILES string of the molecule is COc1ccc(OC)c(NS(=O)(=O)c2ccc(NC=C(C#N)C#N)cc2)c1. The number of nitrogens with one attached hydrogen (secondary N) is 2. The standard InChI is InChI=1S/C18H16N4O4S/c1-25-15-5-8-18(26-2)17(9-15)22-27(23,24)16-6-3-14(4-7-16)21-12-13(10-19)11-20/h3-9,12,21-22H,1-2H3. The molecule has 0 aromatic heterocycles. The van der Waals surface area contributed by atoms with Gasteiger partial charge in [-0.3, -0.25) is 4.72 Å². The minimum atomic E-state index is -3.86. The van der Waals surface area contributed by atoms with Gasteiger partial charge < -0.3 is 14.8 Å². The number of nitrogens with zero attached hydrogens (tertiary/aromatic N) is 2. The summed E-state index contributed by atoms with van der Waals surface area (Å²) < 4.78 is 38.0. The van der Waals surface area contributed by atoms with Gasteiger partial charge in [0, 0.05) is 18.0 Å². The van der Waals surface area contributed by atoms with Gasteiger partial charge in [0.15, 0.2) is 0 Å². The maximum absolute atomic E-state index is 12.6. The summed E-state index contributed by atoms with van der Waals surface area (Å²) in [6, 6.07) is 14.0. The highest BCUT2D eigenvalue weighted by Crippen LogP contribution is 2.31. The van der Waals surface area contributed by atoms with Crippen molar-refractivity contribution in [1.82, 2.24) is 0 Å². The monoisotopic (exact) mass is 384 g/mol. The molecule has 0 aliphatic heterocycles. The van der Waals surface area contributed by atoms with E-state index in [1.165, 1.54) is 50.8 Å². The first-order chi connectivity index (χ1) is 12.9. The van der Waals surface area contributed by atoms with Gasteiger partial charge in [-0.2, -0.15) is 10.5 Å². The lowest BCUT2D eigenvalue weighted by Gasteiger charge is -2.13. The Balaban J connectivity index is 2.24. The third kappa shape index (κ3) is 4.91. The maximum atomic E-state index is 12.6. The third-order valence-electron chi connectivity index (χ3n) is 3.44. The minimum Gasteiger partial charge on any atom is -0.497 e. The fourth-order valence-corrected chi connectivity index (χ4v) is 3.13. The fraction of sp³-hybridized carbons (Fsp3) is 0.111. The maximum Gasteiger partial charge on any atom is 0.262 e. The van der Waals surface area contributed by atoms with Crippen LogP contribution in [0.2, 0.25) is 0 Å². The number of ether oxygens (including phenoxy) is 2. The van der Waals surface area contributed by atoms with Gasteiger partial charge in [-0.1, -0.05) is 0 Å². The number of anilines is 2. The molecule has 2 aromatic rings. The summed E-state index contributed by atoms with van der Waals surface area (Å²) in [7, 11) is -0.950. The fourth-order valence-electron chi connectivity index (χ4n) is 2.07. The predicted molar refractivity (Wildman–Crippen MR) is 99.7 cm³/mol. The van der Waals surface area contributed by atoms with Crippen LogP contribution in [0.1, 0.15) is 0 Å². The average molecular weight is 384 g/mol. The van der Waals surface area contributed by atoms with Crippen LogP contribution in [0.15, 0.2) is 59.1 Å². The van der Waals surface area contributed by atoms with Gasteiger partial charge in [-0.05, 0) is 36.4 Å². The molecule has 0 spiro atoms. The zero-order valence-corrected chi connectivity index (χ0v) is 15.4. The Labute approximate surface area is 157 Å². The second-order valence-corrected chi connectivity index (χ2v) is 6.80. The number of benzene rings is 2. The lowest BCUT2D eigenvalue weighted by Crippen LogP contribution is -2.13. The van der Waals surface area contributed by atoms with Crippen LogP contribution in [0.25, 0.3) is 0 Å². The van der Waals surface area contributed by atoms with Crippen molar-refractivity contribution in [2.24, 2.45) is 0 Å². The van der Waals surface area contributed by atoms with Crippen molar-refractivity contribution in [3.63, 3.8) is 0 Å². The summed E-state index contributed by atoms with van der Waals surface area (Å²) in [5.41, 5.74) is 0.670. The summed E-state index contributed by atoms with van der Waals surface area (Å²) in [5.74, 6) is 0.828. The van der Waals surface area contributed by atoms with Crippen LogP contribution in [-0.4, -0.2) is 22.6 Å². The van der Waals surface area contributed by atoms with Crippen LogP contribution >= 0.6 is 0 Å². The summed E-state index contributed by atoms with van der Waals surface area (Å²) >= 11 is 0. The molecule has 27 heavy (non-hydrogen) atoms. The van der Waals surface area contributed by atoms with Crippen molar-refractivity contribution in [2.75, 3.05) is 24.3 Å². The Morgan fingerprint density at radius 2 is 1.70 bits per heavy atom. The van der Waals surface area contributed by atoms with E-state index in [1.807, 2.05) is 0 Å². The summed E-state index contributed by atoms with van der Waals surface area (Å²) in [6.07, 6.45) is 1.24. The Morgan fingerprint density at radius 3 is 2.26 bits per heavy atom. The van der Waals surface area contributed by atoms with Crippen molar-refractivity contribution < 1.29 is 17.9 Å². The first kappa shape index (κ1) is 19.6. The van der Waals surface area contributed by atoms with E-state index in [0.717, 1.165) is 0 Å². The third-order valence-corrected chi connectivity index (χ3v) is 4.82. The van der Waals surface area contributed by atoms with Gasteiger partial charge in [0.05, 0.1) is 24.8 Å². The van der Waals surface area contributed by atoms with Gasteiger partial charge in [0.2, 0.25) is 0 Å². The van der Waals surface area contributed by atoms with Crippen LogP contribution in [0.5, 0.6) is 11.5 Å². The van der Waals surface area contributed by atoms with E-state index in [-0.39, 0.29) is 16.2 Å². The van der Waals surface area contributed by atoms with Crippen molar-refractivity contribution in [2.45, 2.75) is 4.90 Å². The molecule has 138 valence electrons. The molecule has 0 radical (unpaired) electrons. The summed E-state index contributed by atoms with van der Waals surface area (Å²) in [6.45, 7) is 0. The Kier molecular flexibility index (Phi) is 6.26. The van der Waals surface area contributed by atoms with E-state index >= 15 is 0 Å². The van der Waals surface area contributed by atoms with E-state index in [9.17, 15) is 8.42 Å². The molecule has 0 aliphatic carbocycles. The molecule has 0 bridgehead atoms. The Bertz CT molecular complexity index is 1020. The van der Waals surface area contributed by atoms with Gasteiger partial charge in [0.25, 0.3) is 10.0 Å². The first-order valence-electron chi connectivity index (χ1n) is 7.55. The summed E-state index contributed by atoms with van der Waals surface area (Å²) in [5, 5.41) is 20.1. The molecule has 0 unspecified atom stereocenters. The van der Waals surface area contributed by atoms with E-state index < -0.39 is 10.0 Å². The van der Waals surface area contributed by atoms with Crippen LogP contribution in [0.3, 0.4) is 0 Å². The van der Waals surface area contributed by atoms with Crippen molar-refractivity contribution in [3.8, 4) is 23.6 Å². The molecule has 0 saturated heterocycles. The smallest absolute Gasteiger partial charge is 0.262 e. The highest BCUT2D eigenvalue weighted by Gasteiger charge is 2.17. The predicted octanol–water partition coefficient (Wildman–Crippen LogP) is 2.85. The number of sulfonamides is 1. The molecule has 2 aromatic carbocycles. The van der Waals surface area contributed by atoms with E-state index in [4.69, 9.17) is 20.0 Å². The van der Waals surface area contributed by atoms with Crippen LogP contribution in [0.4, 0.5) is 11.4 Å².